The molecule has 2 aliphatic rings. The van der Waals surface area contributed by atoms with Crippen LogP contribution < -0.4 is 4.74 Å². The topological polar surface area (TPSA) is 76.0 Å². The zero-order chi connectivity index (χ0) is 19.7. The minimum atomic E-state index is -3.07. The number of fused-ring (bicyclic) bond motifs is 1. The molecule has 6 nitrogen and oxygen atoms in total. The molecular weight excluding hydrogens is 396 g/mol. The number of amides is 1. The lowest BCUT2D eigenvalue weighted by molar-refractivity contribution is 0.100. The molecule has 28 heavy (non-hydrogen) atoms. The summed E-state index contributed by atoms with van der Waals surface area (Å²) in [5, 5.41) is 0.500. The first-order valence-corrected chi connectivity index (χ1v) is 11.6. The fourth-order valence-corrected chi connectivity index (χ4v) is 7.43. The molecule has 2 atom stereocenters. The fourth-order valence-electron chi connectivity index (χ4n) is 3.48. The van der Waals surface area contributed by atoms with Gasteiger partial charge in [0.15, 0.2) is 15.0 Å². The van der Waals surface area contributed by atoms with Gasteiger partial charge in [0.05, 0.1) is 24.7 Å². The van der Waals surface area contributed by atoms with Gasteiger partial charge >= 0.3 is 0 Å². The van der Waals surface area contributed by atoms with E-state index in [9.17, 15) is 13.2 Å². The van der Waals surface area contributed by atoms with Crippen molar-refractivity contribution in [2.45, 2.75) is 17.8 Å². The number of thioether (sulfide) groups is 1. The van der Waals surface area contributed by atoms with Gasteiger partial charge < -0.3 is 9.64 Å². The van der Waals surface area contributed by atoms with E-state index >= 15 is 0 Å². The third-order valence-corrected chi connectivity index (χ3v) is 8.15. The summed E-state index contributed by atoms with van der Waals surface area (Å²) in [4.78, 5) is 18.9. The lowest BCUT2D eigenvalue weighted by Crippen LogP contribution is -2.37. The van der Waals surface area contributed by atoms with Gasteiger partial charge in [-0.25, -0.2) is 8.42 Å². The molecule has 2 fully saturated rings. The predicted molar refractivity (Wildman–Crippen MR) is 111 cm³/mol. The maximum Gasteiger partial charge on any atom is 0.279 e. The van der Waals surface area contributed by atoms with Crippen molar-refractivity contribution < 1.29 is 17.9 Å². The van der Waals surface area contributed by atoms with E-state index in [1.807, 2.05) is 35.2 Å². The summed E-state index contributed by atoms with van der Waals surface area (Å²) in [5.41, 5.74) is 1.52. The molecule has 2 aromatic carbocycles. The quantitative estimate of drug-likeness (QED) is 0.763. The van der Waals surface area contributed by atoms with Crippen molar-refractivity contribution in [1.29, 1.82) is 0 Å². The molecule has 1 amide bonds. The number of sulfone groups is 1. The molecule has 2 aliphatic heterocycles. The van der Waals surface area contributed by atoms with E-state index in [-0.39, 0.29) is 28.7 Å². The predicted octanol–water partition coefficient (Wildman–Crippen LogP) is 2.61. The maximum absolute atomic E-state index is 12.6. The van der Waals surface area contributed by atoms with Crippen LogP contribution in [0.4, 0.5) is 0 Å². The Bertz CT molecular complexity index is 1000. The number of carbonyl (C=O) groups excluding carboxylic acids is 1. The second-order valence-corrected chi connectivity index (χ2v) is 10.2. The van der Waals surface area contributed by atoms with Gasteiger partial charge in [-0.15, -0.1) is 0 Å². The highest BCUT2D eigenvalue weighted by molar-refractivity contribution is 8.15. The van der Waals surface area contributed by atoms with Crippen molar-refractivity contribution >= 4 is 32.7 Å². The van der Waals surface area contributed by atoms with Gasteiger partial charge in [0, 0.05) is 17.4 Å². The van der Waals surface area contributed by atoms with Crippen molar-refractivity contribution in [3.8, 4) is 5.75 Å². The second-order valence-electron chi connectivity index (χ2n) is 6.84. The van der Waals surface area contributed by atoms with Gasteiger partial charge in [0.2, 0.25) is 0 Å². The normalized spacial score (nSPS) is 24.3. The van der Waals surface area contributed by atoms with E-state index in [2.05, 4.69) is 4.99 Å². The van der Waals surface area contributed by atoms with Gasteiger partial charge in [-0.2, -0.15) is 4.99 Å². The van der Waals surface area contributed by atoms with Gasteiger partial charge in [-0.05, 0) is 29.8 Å². The smallest absolute Gasteiger partial charge is 0.279 e. The van der Waals surface area contributed by atoms with E-state index < -0.39 is 9.84 Å². The molecule has 0 aromatic heterocycles. The zero-order valence-electron chi connectivity index (χ0n) is 15.3. The van der Waals surface area contributed by atoms with Crippen molar-refractivity contribution in [3.63, 3.8) is 0 Å². The molecule has 8 heteroatoms. The Kier molecular flexibility index (Phi) is 5.16. The number of ether oxygens (including phenoxy) is 1. The highest BCUT2D eigenvalue weighted by Crippen LogP contribution is 2.39. The highest BCUT2D eigenvalue weighted by atomic mass is 32.2. The Morgan fingerprint density at radius 1 is 1.14 bits per heavy atom. The van der Waals surface area contributed by atoms with Gasteiger partial charge in [-0.3, -0.25) is 4.79 Å². The molecule has 0 unspecified atom stereocenters. The lowest BCUT2D eigenvalue weighted by atomic mass is 10.1. The number of carbonyl (C=O) groups is 1. The molecule has 2 heterocycles. The first kappa shape index (κ1) is 19.0. The van der Waals surface area contributed by atoms with Gasteiger partial charge in [0.1, 0.15) is 5.75 Å². The van der Waals surface area contributed by atoms with Crippen molar-refractivity contribution in [2.75, 3.05) is 18.6 Å². The molecule has 0 N–H and O–H groups in total. The molecule has 146 valence electrons. The number of methoxy groups -OCH3 is 1. The number of amidine groups is 1. The van der Waals surface area contributed by atoms with Crippen LogP contribution in [-0.2, 0) is 16.4 Å². The minimum absolute atomic E-state index is 0.0921. The Labute approximate surface area is 168 Å². The number of hydrogen-bond donors (Lipinski definition) is 0. The number of hydrogen-bond acceptors (Lipinski definition) is 5. The van der Waals surface area contributed by atoms with Crippen LogP contribution in [0.2, 0.25) is 0 Å². The van der Waals surface area contributed by atoms with Crippen LogP contribution in [0.1, 0.15) is 15.9 Å². The summed E-state index contributed by atoms with van der Waals surface area (Å²) in [6.45, 7) is 0.495. The van der Waals surface area contributed by atoms with Crippen molar-refractivity contribution in [2.24, 2.45) is 4.99 Å². The number of rotatable bonds is 4. The number of aliphatic imine (C=N–C) groups is 1. The second kappa shape index (κ2) is 7.60. The highest BCUT2D eigenvalue weighted by Gasteiger charge is 2.48. The van der Waals surface area contributed by atoms with E-state index in [1.54, 1.807) is 31.4 Å². The largest absolute Gasteiger partial charge is 0.497 e. The van der Waals surface area contributed by atoms with E-state index in [1.165, 1.54) is 11.8 Å². The maximum atomic E-state index is 12.6. The molecule has 0 radical (unpaired) electrons. The number of nitrogens with zero attached hydrogens (tertiary/aromatic N) is 2. The van der Waals surface area contributed by atoms with Crippen LogP contribution in [0.25, 0.3) is 0 Å². The third kappa shape index (κ3) is 3.93. The van der Waals surface area contributed by atoms with E-state index in [4.69, 9.17) is 4.74 Å². The summed E-state index contributed by atoms with van der Waals surface area (Å²) < 4.78 is 29.4. The van der Waals surface area contributed by atoms with Crippen LogP contribution in [-0.4, -0.2) is 54.3 Å². The lowest BCUT2D eigenvalue weighted by Gasteiger charge is -2.24. The third-order valence-electron chi connectivity index (χ3n) is 4.90. The van der Waals surface area contributed by atoms with Crippen LogP contribution >= 0.6 is 11.8 Å². The number of benzene rings is 2. The van der Waals surface area contributed by atoms with Crippen molar-refractivity contribution in [3.05, 3.63) is 65.7 Å². The van der Waals surface area contributed by atoms with Crippen LogP contribution in [0.3, 0.4) is 0 Å². The average Bonchev–Trinajstić information content (AvgIpc) is 3.15. The average molecular weight is 417 g/mol. The minimum Gasteiger partial charge on any atom is -0.497 e. The van der Waals surface area contributed by atoms with Gasteiger partial charge in [0.25, 0.3) is 5.91 Å². The van der Waals surface area contributed by atoms with E-state index in [0.717, 1.165) is 11.3 Å². The summed E-state index contributed by atoms with van der Waals surface area (Å²) >= 11 is 1.39. The SMILES string of the molecule is COc1ccc(CN2C(=NC(=O)c3ccccc3)S[C@H]3CS(=O)(=O)C[C@H]32)cc1. The Morgan fingerprint density at radius 2 is 1.86 bits per heavy atom. The first-order valence-electron chi connectivity index (χ1n) is 8.90. The van der Waals surface area contributed by atoms with Crippen LogP contribution in [0.15, 0.2) is 59.6 Å². The molecule has 0 saturated carbocycles. The van der Waals surface area contributed by atoms with Crippen LogP contribution in [0, 0.1) is 0 Å². The van der Waals surface area contributed by atoms with Gasteiger partial charge in [-0.1, -0.05) is 42.1 Å². The summed E-state index contributed by atoms with van der Waals surface area (Å²) in [7, 11) is -1.46. The molecule has 0 aliphatic carbocycles. The van der Waals surface area contributed by atoms with E-state index in [0.29, 0.717) is 17.3 Å². The standard InChI is InChI=1S/C20H20N2O4S2/c1-26-16-9-7-14(8-10-16)11-22-17-12-28(24,25)13-18(17)27-20(22)21-19(23)15-5-3-2-4-6-15/h2-10,17-18H,11-13H2,1H3/t17-,18+/m1/s1. The summed E-state index contributed by atoms with van der Waals surface area (Å²) in [6, 6.07) is 16.3. The zero-order valence-corrected chi connectivity index (χ0v) is 16.9. The summed E-state index contributed by atoms with van der Waals surface area (Å²) in [5.74, 6) is 0.666. The molecule has 0 spiro atoms. The molecule has 2 saturated heterocycles. The Morgan fingerprint density at radius 3 is 2.54 bits per heavy atom. The fraction of sp³-hybridized carbons (Fsp3) is 0.300. The molecule has 2 aromatic rings. The molecule has 0 bridgehead atoms. The monoisotopic (exact) mass is 416 g/mol. The van der Waals surface area contributed by atoms with Crippen molar-refractivity contribution in [1.82, 2.24) is 4.90 Å². The Balaban J connectivity index is 1.62. The summed E-state index contributed by atoms with van der Waals surface area (Å²) in [6.07, 6.45) is 0. The first-order chi connectivity index (χ1) is 13.4. The molecular formula is C20H20N2O4S2. The van der Waals surface area contributed by atoms with Crippen LogP contribution in [0.5, 0.6) is 5.75 Å². The Hall–Kier alpha value is -2.32. The molecule has 4 rings (SSSR count).